The van der Waals surface area contributed by atoms with Crippen LogP contribution >= 0.6 is 0 Å². The SMILES string of the molecule is Cc1c(Cn2ccnc2-c2cc3ccc(F)cc3[nH]c2=O)cnn1C. The van der Waals surface area contributed by atoms with Crippen molar-refractivity contribution < 1.29 is 4.39 Å². The summed E-state index contributed by atoms with van der Waals surface area (Å²) in [6, 6.07) is 6.06. The predicted molar refractivity (Wildman–Crippen MR) is 92.8 cm³/mol. The third-order valence-corrected chi connectivity index (χ3v) is 4.44. The number of aromatic nitrogens is 5. The largest absolute Gasteiger partial charge is 0.326 e. The minimum atomic E-state index is -0.385. The highest BCUT2D eigenvalue weighted by Gasteiger charge is 2.14. The van der Waals surface area contributed by atoms with Crippen LogP contribution < -0.4 is 5.56 Å². The lowest BCUT2D eigenvalue weighted by Gasteiger charge is -2.08. The highest BCUT2D eigenvalue weighted by Crippen LogP contribution is 2.20. The van der Waals surface area contributed by atoms with E-state index in [4.69, 9.17) is 0 Å². The number of rotatable bonds is 3. The van der Waals surface area contributed by atoms with Gasteiger partial charge in [-0.15, -0.1) is 0 Å². The molecule has 0 saturated heterocycles. The molecule has 0 amide bonds. The number of imidazole rings is 1. The Labute approximate surface area is 142 Å². The van der Waals surface area contributed by atoms with Gasteiger partial charge in [-0.05, 0) is 36.6 Å². The highest BCUT2D eigenvalue weighted by molar-refractivity contribution is 5.82. The van der Waals surface area contributed by atoms with Crippen LogP contribution in [0.25, 0.3) is 22.3 Å². The van der Waals surface area contributed by atoms with Crippen molar-refractivity contribution in [1.29, 1.82) is 0 Å². The number of nitrogens with one attached hydrogen (secondary N) is 1. The minimum absolute atomic E-state index is 0.298. The first-order valence-electron chi connectivity index (χ1n) is 7.84. The summed E-state index contributed by atoms with van der Waals surface area (Å²) in [6.07, 6.45) is 5.30. The van der Waals surface area contributed by atoms with Crippen LogP contribution in [0.5, 0.6) is 0 Å². The van der Waals surface area contributed by atoms with Gasteiger partial charge in [-0.3, -0.25) is 9.48 Å². The van der Waals surface area contributed by atoms with Gasteiger partial charge in [0, 0.05) is 30.7 Å². The molecule has 1 N–H and O–H groups in total. The molecule has 0 fully saturated rings. The summed E-state index contributed by atoms with van der Waals surface area (Å²) >= 11 is 0. The molecule has 6 nitrogen and oxygen atoms in total. The summed E-state index contributed by atoms with van der Waals surface area (Å²) in [5.41, 5.74) is 2.73. The molecule has 7 heteroatoms. The fourth-order valence-electron chi connectivity index (χ4n) is 2.90. The molecule has 0 bridgehead atoms. The van der Waals surface area contributed by atoms with Crippen molar-refractivity contribution in [2.24, 2.45) is 7.05 Å². The highest BCUT2D eigenvalue weighted by atomic mass is 19.1. The fourth-order valence-corrected chi connectivity index (χ4v) is 2.90. The Morgan fingerprint density at radius 2 is 2.12 bits per heavy atom. The van der Waals surface area contributed by atoms with E-state index in [1.165, 1.54) is 12.1 Å². The maximum absolute atomic E-state index is 13.3. The van der Waals surface area contributed by atoms with Gasteiger partial charge in [-0.1, -0.05) is 0 Å². The Morgan fingerprint density at radius 3 is 2.88 bits per heavy atom. The lowest BCUT2D eigenvalue weighted by atomic mass is 10.1. The van der Waals surface area contributed by atoms with Gasteiger partial charge in [0.05, 0.1) is 23.8 Å². The zero-order valence-corrected chi connectivity index (χ0v) is 13.8. The van der Waals surface area contributed by atoms with Gasteiger partial charge < -0.3 is 9.55 Å². The van der Waals surface area contributed by atoms with Crippen molar-refractivity contribution in [1.82, 2.24) is 24.3 Å². The zero-order chi connectivity index (χ0) is 17.6. The third kappa shape index (κ3) is 2.63. The number of H-pyrrole nitrogens is 1. The average Bonchev–Trinajstić information content (AvgIpc) is 3.16. The number of fused-ring (bicyclic) bond motifs is 1. The van der Waals surface area contributed by atoms with Crippen LogP contribution in [0.1, 0.15) is 11.3 Å². The molecule has 0 radical (unpaired) electrons. The molecular formula is C18H16FN5O. The molecular weight excluding hydrogens is 321 g/mol. The van der Waals surface area contributed by atoms with Crippen LogP contribution in [0, 0.1) is 12.7 Å². The first kappa shape index (κ1) is 15.3. The second-order valence-corrected chi connectivity index (χ2v) is 6.00. The Balaban J connectivity index is 1.81. The number of halogens is 1. The third-order valence-electron chi connectivity index (χ3n) is 4.44. The number of nitrogens with zero attached hydrogens (tertiary/aromatic N) is 4. The Kier molecular flexibility index (Phi) is 3.49. The number of hydrogen-bond donors (Lipinski definition) is 1. The molecule has 0 saturated carbocycles. The second kappa shape index (κ2) is 5.70. The lowest BCUT2D eigenvalue weighted by Crippen LogP contribution is -2.12. The van der Waals surface area contributed by atoms with Crippen molar-refractivity contribution in [2.75, 3.05) is 0 Å². The zero-order valence-electron chi connectivity index (χ0n) is 13.8. The molecule has 0 aliphatic heterocycles. The van der Waals surface area contributed by atoms with E-state index in [2.05, 4.69) is 15.1 Å². The molecule has 1 aromatic carbocycles. The Hall–Kier alpha value is -3.22. The standard InChI is InChI=1S/C18H16FN5O/c1-11-13(9-21-23(11)2)10-24-6-5-20-17(24)15-7-12-3-4-14(19)8-16(12)22-18(15)25/h3-9H,10H2,1-2H3,(H,22,25). The summed E-state index contributed by atoms with van der Waals surface area (Å²) in [6.45, 7) is 2.56. The fraction of sp³-hybridized carbons (Fsp3) is 0.167. The van der Waals surface area contributed by atoms with Crippen molar-refractivity contribution in [3.63, 3.8) is 0 Å². The van der Waals surface area contributed by atoms with Gasteiger partial charge in [0.25, 0.3) is 5.56 Å². The van der Waals surface area contributed by atoms with Crippen LogP contribution in [0.4, 0.5) is 4.39 Å². The van der Waals surface area contributed by atoms with Crippen LogP contribution in [0.2, 0.25) is 0 Å². The molecule has 3 heterocycles. The molecule has 0 aliphatic carbocycles. The predicted octanol–water partition coefficient (Wildman–Crippen LogP) is 2.62. The van der Waals surface area contributed by atoms with E-state index in [1.807, 2.05) is 35.6 Å². The molecule has 0 unspecified atom stereocenters. The smallest absolute Gasteiger partial charge is 0.259 e. The number of hydrogen-bond acceptors (Lipinski definition) is 3. The van der Waals surface area contributed by atoms with E-state index in [0.717, 1.165) is 16.6 Å². The van der Waals surface area contributed by atoms with Crippen LogP contribution in [-0.2, 0) is 13.6 Å². The van der Waals surface area contributed by atoms with E-state index in [-0.39, 0.29) is 11.4 Å². The molecule has 3 aromatic heterocycles. The molecule has 0 spiro atoms. The topological polar surface area (TPSA) is 68.5 Å². The van der Waals surface area contributed by atoms with E-state index in [1.54, 1.807) is 18.3 Å². The van der Waals surface area contributed by atoms with Crippen molar-refractivity contribution in [3.05, 3.63) is 70.3 Å². The van der Waals surface area contributed by atoms with Crippen LogP contribution in [-0.4, -0.2) is 24.3 Å². The van der Waals surface area contributed by atoms with Crippen molar-refractivity contribution in [2.45, 2.75) is 13.5 Å². The summed E-state index contributed by atoms with van der Waals surface area (Å²) in [5, 5.41) is 5.00. The second-order valence-electron chi connectivity index (χ2n) is 6.00. The van der Waals surface area contributed by atoms with E-state index >= 15 is 0 Å². The van der Waals surface area contributed by atoms with Gasteiger partial charge in [0.1, 0.15) is 11.6 Å². The Bertz CT molecular complexity index is 1140. The van der Waals surface area contributed by atoms with E-state index in [9.17, 15) is 9.18 Å². The quantitative estimate of drug-likeness (QED) is 0.625. The van der Waals surface area contributed by atoms with Gasteiger partial charge in [-0.2, -0.15) is 5.10 Å². The van der Waals surface area contributed by atoms with Crippen molar-refractivity contribution >= 4 is 10.9 Å². The Morgan fingerprint density at radius 1 is 1.28 bits per heavy atom. The van der Waals surface area contributed by atoms with Gasteiger partial charge in [0.15, 0.2) is 0 Å². The first-order chi connectivity index (χ1) is 12.0. The summed E-state index contributed by atoms with van der Waals surface area (Å²) < 4.78 is 17.1. The number of pyridine rings is 1. The maximum atomic E-state index is 13.3. The van der Waals surface area contributed by atoms with E-state index in [0.29, 0.717) is 23.4 Å². The molecule has 126 valence electrons. The molecule has 25 heavy (non-hydrogen) atoms. The lowest BCUT2D eigenvalue weighted by molar-refractivity contribution is 0.629. The average molecular weight is 337 g/mol. The number of aromatic amines is 1. The van der Waals surface area contributed by atoms with Crippen LogP contribution in [0.3, 0.4) is 0 Å². The molecule has 4 aromatic rings. The molecule has 4 rings (SSSR count). The summed E-state index contributed by atoms with van der Waals surface area (Å²) in [5.74, 6) is 0.181. The number of aryl methyl sites for hydroxylation is 1. The van der Waals surface area contributed by atoms with Gasteiger partial charge >= 0.3 is 0 Å². The monoisotopic (exact) mass is 337 g/mol. The number of benzene rings is 1. The van der Waals surface area contributed by atoms with Crippen molar-refractivity contribution in [3.8, 4) is 11.4 Å². The normalized spacial score (nSPS) is 11.3. The maximum Gasteiger partial charge on any atom is 0.259 e. The van der Waals surface area contributed by atoms with Crippen LogP contribution in [0.15, 0.2) is 47.7 Å². The molecule has 0 atom stereocenters. The summed E-state index contributed by atoms with van der Waals surface area (Å²) in [4.78, 5) is 19.5. The van der Waals surface area contributed by atoms with E-state index < -0.39 is 0 Å². The summed E-state index contributed by atoms with van der Waals surface area (Å²) in [7, 11) is 1.89. The first-order valence-corrected chi connectivity index (χ1v) is 7.84. The van der Waals surface area contributed by atoms with Gasteiger partial charge in [0.2, 0.25) is 0 Å². The molecule has 0 aliphatic rings. The van der Waals surface area contributed by atoms with Gasteiger partial charge in [-0.25, -0.2) is 9.37 Å². The minimum Gasteiger partial charge on any atom is -0.326 e.